The Morgan fingerprint density at radius 1 is 1.10 bits per heavy atom. The summed E-state index contributed by atoms with van der Waals surface area (Å²) in [4.78, 5) is 32.8. The van der Waals surface area contributed by atoms with E-state index in [2.05, 4.69) is 20.6 Å². The summed E-state index contributed by atoms with van der Waals surface area (Å²) >= 11 is 0. The minimum Gasteiger partial charge on any atom is -0.454 e. The summed E-state index contributed by atoms with van der Waals surface area (Å²) in [7, 11) is 1.50. The van der Waals surface area contributed by atoms with Gasteiger partial charge in [0.2, 0.25) is 6.79 Å². The molecule has 4 N–H and O–H groups in total. The van der Waals surface area contributed by atoms with Crippen LogP contribution >= 0.6 is 0 Å². The van der Waals surface area contributed by atoms with Crippen molar-refractivity contribution in [3.63, 3.8) is 0 Å². The number of carbonyl (C=O) groups is 2. The molecule has 0 atom stereocenters. The third-order valence-electron chi connectivity index (χ3n) is 4.55. The molecule has 2 aromatic carbocycles. The molecule has 30 heavy (non-hydrogen) atoms. The van der Waals surface area contributed by atoms with Gasteiger partial charge in [0, 0.05) is 24.7 Å². The average Bonchev–Trinajstić information content (AvgIpc) is 3.25. The Balaban J connectivity index is 1.49. The van der Waals surface area contributed by atoms with Crippen molar-refractivity contribution in [2.75, 3.05) is 19.6 Å². The summed E-state index contributed by atoms with van der Waals surface area (Å²) in [5.41, 5.74) is 8.41. The van der Waals surface area contributed by atoms with Crippen LogP contribution in [0.5, 0.6) is 11.5 Å². The number of hydrogen-bond acceptors (Lipinski definition) is 7. The molecular weight excluding hydrogens is 386 g/mol. The predicted molar refractivity (Wildman–Crippen MR) is 109 cm³/mol. The van der Waals surface area contributed by atoms with Gasteiger partial charge in [0.1, 0.15) is 0 Å². The third kappa shape index (κ3) is 3.86. The van der Waals surface area contributed by atoms with E-state index in [1.165, 1.54) is 13.2 Å². The smallest absolute Gasteiger partial charge is 0.273 e. The molecule has 2 amide bonds. The van der Waals surface area contributed by atoms with Gasteiger partial charge < -0.3 is 25.8 Å². The van der Waals surface area contributed by atoms with Crippen LogP contribution in [0.3, 0.4) is 0 Å². The minimum absolute atomic E-state index is 0.0604. The number of nitrogens with zero attached hydrogens (tertiary/aromatic N) is 2. The molecule has 0 saturated heterocycles. The molecule has 4 rings (SSSR count). The number of rotatable bonds is 5. The maximum Gasteiger partial charge on any atom is 0.273 e. The van der Waals surface area contributed by atoms with Gasteiger partial charge in [-0.25, -0.2) is 9.97 Å². The van der Waals surface area contributed by atoms with E-state index >= 15 is 0 Å². The highest BCUT2D eigenvalue weighted by atomic mass is 16.7. The van der Waals surface area contributed by atoms with Crippen LogP contribution in [-0.4, -0.2) is 35.6 Å². The molecular formula is C21H19N5O4. The number of fused-ring (bicyclic) bond motifs is 1. The van der Waals surface area contributed by atoms with E-state index in [-0.39, 0.29) is 24.2 Å². The van der Waals surface area contributed by atoms with Crippen molar-refractivity contribution in [2.24, 2.45) is 0 Å². The Labute approximate surface area is 172 Å². The van der Waals surface area contributed by atoms with Gasteiger partial charge in [0.25, 0.3) is 11.8 Å². The molecule has 1 aliphatic heterocycles. The Hall–Kier alpha value is -4.14. The first kappa shape index (κ1) is 19.2. The van der Waals surface area contributed by atoms with Gasteiger partial charge in [0.05, 0.1) is 11.9 Å². The summed E-state index contributed by atoms with van der Waals surface area (Å²) in [6.45, 7) is 0.467. The fraction of sp³-hybridized carbons (Fsp3) is 0.143. The number of nitrogen functional groups attached to an aromatic ring is 1. The largest absolute Gasteiger partial charge is 0.454 e. The first-order chi connectivity index (χ1) is 14.5. The lowest BCUT2D eigenvalue weighted by Crippen LogP contribution is -2.22. The van der Waals surface area contributed by atoms with Crippen molar-refractivity contribution in [1.82, 2.24) is 20.6 Å². The van der Waals surface area contributed by atoms with E-state index in [4.69, 9.17) is 15.2 Å². The number of hydrogen-bond donors (Lipinski definition) is 3. The first-order valence-corrected chi connectivity index (χ1v) is 9.17. The van der Waals surface area contributed by atoms with Crippen LogP contribution in [0, 0.1) is 0 Å². The summed E-state index contributed by atoms with van der Waals surface area (Å²) in [6, 6.07) is 12.5. The standard InChI is InChI=1S/C21H19N5O4/c1-23-21(28)18-19(22)24-10-15(26-18)13-4-2-3-12(7-13)9-25-20(27)14-5-6-16-17(8-14)30-11-29-16/h2-8,10H,9,11H2,1H3,(H2,22,24)(H,23,28)(H,25,27). The van der Waals surface area contributed by atoms with Crippen LogP contribution in [0.25, 0.3) is 11.3 Å². The topological polar surface area (TPSA) is 128 Å². The van der Waals surface area contributed by atoms with Gasteiger partial charge >= 0.3 is 0 Å². The molecule has 9 nitrogen and oxygen atoms in total. The van der Waals surface area contributed by atoms with Gasteiger partial charge in [-0.3, -0.25) is 9.59 Å². The number of amides is 2. The Morgan fingerprint density at radius 3 is 2.77 bits per heavy atom. The highest BCUT2D eigenvalue weighted by Crippen LogP contribution is 2.32. The molecule has 0 aliphatic carbocycles. The molecule has 0 fully saturated rings. The van der Waals surface area contributed by atoms with Crippen LogP contribution in [0.4, 0.5) is 5.82 Å². The molecule has 0 unspecified atom stereocenters. The number of carbonyl (C=O) groups excluding carboxylic acids is 2. The van der Waals surface area contributed by atoms with Crippen LogP contribution in [-0.2, 0) is 6.54 Å². The second-order valence-corrected chi connectivity index (χ2v) is 6.52. The van der Waals surface area contributed by atoms with E-state index in [9.17, 15) is 9.59 Å². The van der Waals surface area contributed by atoms with Gasteiger partial charge in [-0.1, -0.05) is 18.2 Å². The fourth-order valence-electron chi connectivity index (χ4n) is 2.99. The predicted octanol–water partition coefficient (Wildman–Crippen LogP) is 1.74. The second kappa shape index (κ2) is 8.08. The van der Waals surface area contributed by atoms with Crippen LogP contribution in [0.1, 0.15) is 26.4 Å². The number of nitrogens with one attached hydrogen (secondary N) is 2. The molecule has 1 aliphatic rings. The van der Waals surface area contributed by atoms with Crippen molar-refractivity contribution in [3.05, 3.63) is 65.5 Å². The number of ether oxygens (including phenoxy) is 2. The zero-order chi connectivity index (χ0) is 21.1. The first-order valence-electron chi connectivity index (χ1n) is 9.17. The summed E-state index contributed by atoms with van der Waals surface area (Å²) in [6.07, 6.45) is 1.51. The summed E-state index contributed by atoms with van der Waals surface area (Å²) < 4.78 is 10.6. The fourth-order valence-corrected chi connectivity index (χ4v) is 2.99. The van der Waals surface area contributed by atoms with E-state index < -0.39 is 5.91 Å². The maximum atomic E-state index is 12.5. The van der Waals surface area contributed by atoms with Crippen molar-refractivity contribution in [3.8, 4) is 22.8 Å². The van der Waals surface area contributed by atoms with Crippen molar-refractivity contribution in [1.29, 1.82) is 0 Å². The summed E-state index contributed by atoms with van der Waals surface area (Å²) in [5.74, 6) is 0.602. The monoisotopic (exact) mass is 405 g/mol. The minimum atomic E-state index is -0.408. The zero-order valence-corrected chi connectivity index (χ0v) is 16.1. The van der Waals surface area contributed by atoms with E-state index in [1.807, 2.05) is 24.3 Å². The molecule has 0 bridgehead atoms. The maximum absolute atomic E-state index is 12.5. The molecule has 3 aromatic rings. The number of nitrogens with two attached hydrogens (primary N) is 1. The zero-order valence-electron chi connectivity index (χ0n) is 16.1. The van der Waals surface area contributed by atoms with Gasteiger partial charge in [-0.2, -0.15) is 0 Å². The lowest BCUT2D eigenvalue weighted by molar-refractivity contribution is 0.0945. The lowest BCUT2D eigenvalue weighted by atomic mass is 10.1. The molecule has 0 spiro atoms. The second-order valence-electron chi connectivity index (χ2n) is 6.52. The van der Waals surface area contributed by atoms with Gasteiger partial charge in [-0.15, -0.1) is 0 Å². The van der Waals surface area contributed by atoms with Gasteiger partial charge in [-0.05, 0) is 29.8 Å². The lowest BCUT2D eigenvalue weighted by Gasteiger charge is -2.09. The normalized spacial score (nSPS) is 11.8. The Kier molecular flexibility index (Phi) is 5.17. The van der Waals surface area contributed by atoms with E-state index in [0.717, 1.165) is 11.1 Å². The van der Waals surface area contributed by atoms with Gasteiger partial charge in [0.15, 0.2) is 23.0 Å². The molecule has 2 heterocycles. The van der Waals surface area contributed by atoms with E-state index in [1.54, 1.807) is 18.2 Å². The van der Waals surface area contributed by atoms with E-state index in [0.29, 0.717) is 29.3 Å². The Bertz CT molecular complexity index is 1130. The van der Waals surface area contributed by atoms with Crippen molar-refractivity contribution in [2.45, 2.75) is 6.54 Å². The van der Waals surface area contributed by atoms with Crippen LogP contribution in [0.15, 0.2) is 48.7 Å². The van der Waals surface area contributed by atoms with Crippen molar-refractivity contribution >= 4 is 17.6 Å². The van der Waals surface area contributed by atoms with Crippen LogP contribution < -0.4 is 25.8 Å². The molecule has 1 aromatic heterocycles. The quantitative estimate of drug-likeness (QED) is 0.590. The number of aromatic nitrogens is 2. The van der Waals surface area contributed by atoms with Crippen molar-refractivity contribution < 1.29 is 19.1 Å². The highest BCUT2D eigenvalue weighted by molar-refractivity contribution is 5.96. The average molecular weight is 405 g/mol. The number of anilines is 1. The summed E-state index contributed by atoms with van der Waals surface area (Å²) in [5, 5.41) is 5.37. The molecule has 9 heteroatoms. The molecule has 152 valence electrons. The third-order valence-corrected chi connectivity index (χ3v) is 4.55. The highest BCUT2D eigenvalue weighted by Gasteiger charge is 2.16. The molecule has 0 radical (unpaired) electrons. The SMILES string of the molecule is CNC(=O)c1nc(-c2cccc(CNC(=O)c3ccc4c(c3)OCO4)c2)cnc1N. The Morgan fingerprint density at radius 2 is 1.93 bits per heavy atom. The molecule has 0 saturated carbocycles. The van der Waals surface area contributed by atoms with Crippen LogP contribution in [0.2, 0.25) is 0 Å². The number of benzene rings is 2.